The Kier molecular flexibility index (Phi) is 6.62. The molecule has 6 heteroatoms. The normalized spacial score (nSPS) is 17.2. The van der Waals surface area contributed by atoms with Gasteiger partial charge in [-0.3, -0.25) is 0 Å². The zero-order valence-corrected chi connectivity index (χ0v) is 15.7. The molecule has 0 saturated carbocycles. The number of piperidine rings is 1. The van der Waals surface area contributed by atoms with Gasteiger partial charge < -0.3 is 14.7 Å². The Hall–Kier alpha value is -2.47. The van der Waals surface area contributed by atoms with Gasteiger partial charge in [0.15, 0.2) is 6.10 Å². The van der Waals surface area contributed by atoms with Crippen molar-refractivity contribution in [3.05, 3.63) is 65.7 Å². The molecule has 1 heterocycles. The molecule has 2 aromatic carbocycles. The van der Waals surface area contributed by atoms with Crippen molar-refractivity contribution >= 4 is 11.7 Å². The second-order valence-corrected chi connectivity index (χ2v) is 7.16. The lowest BCUT2D eigenvalue weighted by atomic mass is 10.0. The predicted octanol–water partition coefficient (Wildman–Crippen LogP) is 3.96. The van der Waals surface area contributed by atoms with E-state index < -0.39 is 18.0 Å². The van der Waals surface area contributed by atoms with Crippen molar-refractivity contribution in [2.24, 2.45) is 0 Å². The highest BCUT2D eigenvalue weighted by Gasteiger charge is 2.33. The van der Waals surface area contributed by atoms with Crippen molar-refractivity contribution < 1.29 is 23.4 Å². The minimum Gasteiger partial charge on any atom is -0.459 e. The fraction of sp³-hybridized carbons (Fsp3) is 0.409. The molecule has 0 radical (unpaired) electrons. The number of carbonyl (C=O) groups excluding carboxylic acids is 1. The highest BCUT2D eigenvalue weighted by Crippen LogP contribution is 2.30. The second kappa shape index (κ2) is 9.15. The van der Waals surface area contributed by atoms with Gasteiger partial charge in [-0.05, 0) is 36.1 Å². The van der Waals surface area contributed by atoms with E-state index in [9.17, 15) is 18.7 Å². The van der Waals surface area contributed by atoms with Gasteiger partial charge in [-0.25, -0.2) is 13.6 Å². The molecule has 4 nitrogen and oxygen atoms in total. The van der Waals surface area contributed by atoms with Crippen LogP contribution in [0.5, 0.6) is 0 Å². The highest BCUT2D eigenvalue weighted by molar-refractivity contribution is 5.74. The molecule has 1 N–H and O–H groups in total. The molecule has 1 atom stereocenters. The van der Waals surface area contributed by atoms with Crippen LogP contribution in [-0.4, -0.2) is 36.2 Å². The third-order valence-electron chi connectivity index (χ3n) is 5.00. The van der Waals surface area contributed by atoms with Crippen LogP contribution in [0.15, 0.2) is 54.6 Å². The number of halogens is 2. The summed E-state index contributed by atoms with van der Waals surface area (Å²) in [6.45, 7) is 0.830. The number of nitrogens with zero attached hydrogens (tertiary/aromatic N) is 1. The monoisotopic (exact) mass is 389 g/mol. The summed E-state index contributed by atoms with van der Waals surface area (Å²) in [4.78, 5) is 13.9. The Morgan fingerprint density at radius 1 is 1.04 bits per heavy atom. The molecule has 3 rings (SSSR count). The van der Waals surface area contributed by atoms with Gasteiger partial charge in [-0.2, -0.15) is 0 Å². The smallest absolute Gasteiger partial charge is 0.335 e. The van der Waals surface area contributed by atoms with Gasteiger partial charge in [0.2, 0.25) is 0 Å². The molecule has 0 unspecified atom stereocenters. The van der Waals surface area contributed by atoms with E-state index in [1.807, 2.05) is 59.5 Å². The highest BCUT2D eigenvalue weighted by atomic mass is 19.3. The molecule has 0 amide bonds. The average molecular weight is 389 g/mol. The Labute approximate surface area is 163 Å². The van der Waals surface area contributed by atoms with Gasteiger partial charge in [0.05, 0.1) is 0 Å². The van der Waals surface area contributed by atoms with E-state index in [4.69, 9.17) is 4.74 Å². The summed E-state index contributed by atoms with van der Waals surface area (Å²) < 4.78 is 31.7. The number of carbonyl (C=O) groups is 1. The maximum atomic E-state index is 13.3. The lowest BCUT2D eigenvalue weighted by molar-refractivity contribution is -0.155. The van der Waals surface area contributed by atoms with Gasteiger partial charge in [-0.15, -0.1) is 0 Å². The quantitative estimate of drug-likeness (QED) is 0.729. The summed E-state index contributed by atoms with van der Waals surface area (Å²) in [5.41, 5.74) is 2.76. The third kappa shape index (κ3) is 5.76. The van der Waals surface area contributed by atoms with Crippen LogP contribution in [0.3, 0.4) is 0 Å². The average Bonchev–Trinajstić information content (AvgIpc) is 2.71. The summed E-state index contributed by atoms with van der Waals surface area (Å²) >= 11 is 0. The maximum absolute atomic E-state index is 13.3. The zero-order valence-electron chi connectivity index (χ0n) is 15.7. The third-order valence-corrected chi connectivity index (χ3v) is 5.00. The van der Waals surface area contributed by atoms with Crippen LogP contribution in [-0.2, 0) is 22.6 Å². The first-order valence-corrected chi connectivity index (χ1v) is 9.53. The van der Waals surface area contributed by atoms with E-state index in [0.29, 0.717) is 19.5 Å². The molecule has 0 spiro atoms. The number of hydrogen-bond acceptors (Lipinski definition) is 4. The van der Waals surface area contributed by atoms with Gasteiger partial charge in [0, 0.05) is 31.6 Å². The first-order valence-electron chi connectivity index (χ1n) is 9.53. The Morgan fingerprint density at radius 2 is 1.68 bits per heavy atom. The Balaban J connectivity index is 1.43. The molecule has 0 aliphatic carbocycles. The summed E-state index contributed by atoms with van der Waals surface area (Å²) in [6, 6.07) is 16.9. The molecule has 28 heavy (non-hydrogen) atoms. The van der Waals surface area contributed by atoms with Crippen LogP contribution in [0.25, 0.3) is 0 Å². The van der Waals surface area contributed by atoms with E-state index in [-0.39, 0.29) is 25.9 Å². The number of aryl methyl sites for hydroxylation is 1. The maximum Gasteiger partial charge on any atom is 0.335 e. The minimum absolute atomic E-state index is 0.119. The predicted molar refractivity (Wildman–Crippen MR) is 103 cm³/mol. The van der Waals surface area contributed by atoms with Crippen LogP contribution < -0.4 is 4.90 Å². The van der Waals surface area contributed by atoms with Crippen LogP contribution in [0.1, 0.15) is 30.4 Å². The Bertz CT molecular complexity index is 755. The SMILES string of the molecule is O=C(OCc1ccccc1)[C@H](O)CCc1ccc(N2CCC(F)(F)CC2)cc1. The van der Waals surface area contributed by atoms with Crippen molar-refractivity contribution in [1.29, 1.82) is 0 Å². The van der Waals surface area contributed by atoms with E-state index in [2.05, 4.69) is 0 Å². The van der Waals surface area contributed by atoms with Crippen LogP contribution in [0.4, 0.5) is 14.5 Å². The van der Waals surface area contributed by atoms with Crippen LogP contribution in [0.2, 0.25) is 0 Å². The van der Waals surface area contributed by atoms with Crippen molar-refractivity contribution in [3.8, 4) is 0 Å². The lowest BCUT2D eigenvalue weighted by Gasteiger charge is -2.33. The molecular formula is C22H25F2NO3. The van der Waals surface area contributed by atoms with Crippen molar-refractivity contribution in [3.63, 3.8) is 0 Å². The van der Waals surface area contributed by atoms with E-state index in [1.54, 1.807) is 0 Å². The van der Waals surface area contributed by atoms with E-state index in [1.165, 1.54) is 0 Å². The molecule has 1 aliphatic rings. The van der Waals surface area contributed by atoms with Crippen molar-refractivity contribution in [2.45, 2.75) is 44.3 Å². The van der Waals surface area contributed by atoms with E-state index >= 15 is 0 Å². The number of hydrogen-bond donors (Lipinski definition) is 1. The summed E-state index contributed by atoms with van der Waals surface area (Å²) in [5.74, 6) is -3.18. The van der Waals surface area contributed by atoms with Crippen molar-refractivity contribution in [2.75, 3.05) is 18.0 Å². The Morgan fingerprint density at radius 3 is 2.32 bits per heavy atom. The number of aliphatic hydroxyl groups excluding tert-OH is 1. The number of esters is 1. The molecule has 1 aliphatic heterocycles. The largest absolute Gasteiger partial charge is 0.459 e. The van der Waals surface area contributed by atoms with Gasteiger partial charge >= 0.3 is 5.97 Å². The number of anilines is 1. The standard InChI is InChI=1S/C22H25F2NO3/c23-22(24)12-14-25(15-13-22)19-9-6-17(7-10-19)8-11-20(26)21(27)28-16-18-4-2-1-3-5-18/h1-7,9-10,20,26H,8,11-16H2/t20-/m1/s1. The van der Waals surface area contributed by atoms with Crippen molar-refractivity contribution in [1.82, 2.24) is 0 Å². The summed E-state index contributed by atoms with van der Waals surface area (Å²) in [5, 5.41) is 10.0. The lowest BCUT2D eigenvalue weighted by Crippen LogP contribution is -2.39. The fourth-order valence-corrected chi connectivity index (χ4v) is 3.21. The molecule has 1 fully saturated rings. The number of rotatable bonds is 7. The van der Waals surface area contributed by atoms with Gasteiger partial charge in [0.25, 0.3) is 5.92 Å². The first-order chi connectivity index (χ1) is 13.4. The number of alkyl halides is 2. The summed E-state index contributed by atoms with van der Waals surface area (Å²) in [7, 11) is 0. The van der Waals surface area contributed by atoms with E-state index in [0.717, 1.165) is 16.8 Å². The molecule has 0 aromatic heterocycles. The second-order valence-electron chi connectivity index (χ2n) is 7.16. The topological polar surface area (TPSA) is 49.8 Å². The summed E-state index contributed by atoms with van der Waals surface area (Å²) in [6.07, 6.45) is -0.617. The van der Waals surface area contributed by atoms with Gasteiger partial charge in [-0.1, -0.05) is 42.5 Å². The van der Waals surface area contributed by atoms with Crippen LogP contribution in [0, 0.1) is 0 Å². The first kappa shape index (κ1) is 20.3. The zero-order chi connectivity index (χ0) is 20.0. The molecular weight excluding hydrogens is 364 g/mol. The number of ether oxygens (including phenoxy) is 1. The molecule has 150 valence electrons. The molecule has 1 saturated heterocycles. The van der Waals surface area contributed by atoms with Crippen LogP contribution >= 0.6 is 0 Å². The number of benzene rings is 2. The minimum atomic E-state index is -2.55. The molecule has 2 aromatic rings. The van der Waals surface area contributed by atoms with Gasteiger partial charge in [0.1, 0.15) is 6.61 Å². The fourth-order valence-electron chi connectivity index (χ4n) is 3.21. The molecule has 0 bridgehead atoms. The number of aliphatic hydroxyl groups is 1.